The fraction of sp³-hybridized carbons (Fsp3) is 0.462. The average molecular weight is 233 g/mol. The Balaban J connectivity index is 1.99. The number of nitrogens with zero attached hydrogens (tertiary/aromatic N) is 1. The van der Waals surface area contributed by atoms with Crippen molar-refractivity contribution in [2.24, 2.45) is 5.92 Å². The lowest BCUT2D eigenvalue weighted by Gasteiger charge is -2.28. The summed E-state index contributed by atoms with van der Waals surface area (Å²) in [6, 6.07) is 7.36. The van der Waals surface area contributed by atoms with Crippen molar-refractivity contribution in [1.82, 2.24) is 4.90 Å². The van der Waals surface area contributed by atoms with Crippen LogP contribution >= 0.6 is 0 Å². The molecule has 0 aliphatic carbocycles. The summed E-state index contributed by atoms with van der Waals surface area (Å²) in [6.45, 7) is 1.91. The second-order valence-corrected chi connectivity index (χ2v) is 4.68. The third kappa shape index (κ3) is 2.97. The number of carbonyl (C=O) groups excluding carboxylic acids is 1. The molecule has 1 saturated heterocycles. The zero-order valence-corrected chi connectivity index (χ0v) is 10.1. The Morgan fingerprint density at radius 2 is 2.24 bits per heavy atom. The number of piperidine rings is 1. The highest BCUT2D eigenvalue weighted by molar-refractivity contribution is 5.95. The van der Waals surface area contributed by atoms with E-state index in [-0.39, 0.29) is 11.8 Å². The van der Waals surface area contributed by atoms with Crippen molar-refractivity contribution in [2.45, 2.75) is 12.8 Å². The summed E-state index contributed by atoms with van der Waals surface area (Å²) in [5.74, 6) is 0.155. The average Bonchev–Trinajstić information content (AvgIpc) is 2.32. The maximum Gasteiger partial charge on any atom is 0.228 e. The predicted octanol–water partition coefficient (Wildman–Crippen LogP) is 1.55. The molecule has 0 saturated carbocycles. The molecule has 17 heavy (non-hydrogen) atoms. The number of likely N-dealkylation sites (tertiary alicyclic amines) is 1. The van der Waals surface area contributed by atoms with Crippen molar-refractivity contribution in [3.8, 4) is 0 Å². The molecule has 1 aromatic rings. The molecule has 1 aliphatic rings. The molecule has 0 spiro atoms. The second kappa shape index (κ2) is 5.19. The first-order chi connectivity index (χ1) is 8.16. The van der Waals surface area contributed by atoms with Crippen LogP contribution in [0.3, 0.4) is 0 Å². The van der Waals surface area contributed by atoms with Gasteiger partial charge in [-0.1, -0.05) is 12.1 Å². The Hall–Kier alpha value is -1.55. The van der Waals surface area contributed by atoms with Crippen LogP contribution < -0.4 is 11.1 Å². The standard InChI is InChI=1S/C13H19N3O/c1-16-8-4-5-10(9-16)13(17)15-12-7-3-2-6-11(12)14/h2-3,6-7,10H,4-5,8-9,14H2,1H3,(H,15,17)/t10-/m1/s1. The van der Waals surface area contributed by atoms with Gasteiger partial charge in [0, 0.05) is 6.54 Å². The highest BCUT2D eigenvalue weighted by atomic mass is 16.1. The Morgan fingerprint density at radius 3 is 2.94 bits per heavy atom. The molecular formula is C13H19N3O. The number of amides is 1. The van der Waals surface area contributed by atoms with E-state index in [0.717, 1.165) is 25.9 Å². The highest BCUT2D eigenvalue weighted by Crippen LogP contribution is 2.21. The van der Waals surface area contributed by atoms with Crippen LogP contribution in [0.4, 0.5) is 11.4 Å². The Bertz CT molecular complexity index is 405. The molecule has 1 aromatic carbocycles. The van der Waals surface area contributed by atoms with Crippen LogP contribution in [-0.4, -0.2) is 30.9 Å². The lowest BCUT2D eigenvalue weighted by Crippen LogP contribution is -2.38. The number of nitrogen functional groups attached to an aromatic ring is 1. The number of nitrogens with two attached hydrogens (primary N) is 1. The van der Waals surface area contributed by atoms with E-state index in [1.165, 1.54) is 0 Å². The number of anilines is 2. The van der Waals surface area contributed by atoms with Gasteiger partial charge < -0.3 is 16.0 Å². The Morgan fingerprint density at radius 1 is 1.47 bits per heavy atom. The summed E-state index contributed by atoms with van der Waals surface area (Å²) in [4.78, 5) is 14.3. The molecule has 0 bridgehead atoms. The van der Waals surface area contributed by atoms with Crippen LogP contribution in [0.1, 0.15) is 12.8 Å². The summed E-state index contributed by atoms with van der Waals surface area (Å²) < 4.78 is 0. The summed E-state index contributed by atoms with van der Waals surface area (Å²) in [5.41, 5.74) is 7.13. The van der Waals surface area contributed by atoms with Gasteiger partial charge in [-0.25, -0.2) is 0 Å². The van der Waals surface area contributed by atoms with Crippen LogP contribution in [-0.2, 0) is 4.79 Å². The van der Waals surface area contributed by atoms with Crippen molar-refractivity contribution in [3.05, 3.63) is 24.3 Å². The third-order valence-corrected chi connectivity index (χ3v) is 3.21. The van der Waals surface area contributed by atoms with Crippen molar-refractivity contribution in [2.75, 3.05) is 31.2 Å². The quantitative estimate of drug-likeness (QED) is 0.762. The summed E-state index contributed by atoms with van der Waals surface area (Å²) in [6.07, 6.45) is 2.04. The molecule has 2 rings (SSSR count). The molecule has 92 valence electrons. The number of hydrogen-bond donors (Lipinski definition) is 2. The zero-order chi connectivity index (χ0) is 12.3. The molecule has 0 aromatic heterocycles. The number of rotatable bonds is 2. The fourth-order valence-corrected chi connectivity index (χ4v) is 2.23. The lowest BCUT2D eigenvalue weighted by molar-refractivity contribution is -0.121. The van der Waals surface area contributed by atoms with E-state index in [2.05, 4.69) is 17.3 Å². The van der Waals surface area contributed by atoms with Crippen LogP contribution in [0.15, 0.2) is 24.3 Å². The molecular weight excluding hydrogens is 214 g/mol. The van der Waals surface area contributed by atoms with Gasteiger partial charge in [-0.15, -0.1) is 0 Å². The van der Waals surface area contributed by atoms with E-state index >= 15 is 0 Å². The van der Waals surface area contributed by atoms with Gasteiger partial charge in [0.05, 0.1) is 17.3 Å². The maximum absolute atomic E-state index is 12.1. The number of carbonyl (C=O) groups is 1. The lowest BCUT2D eigenvalue weighted by atomic mass is 9.97. The first-order valence-electron chi connectivity index (χ1n) is 6.00. The number of benzene rings is 1. The highest BCUT2D eigenvalue weighted by Gasteiger charge is 2.24. The van der Waals surface area contributed by atoms with Gasteiger partial charge in [0.1, 0.15) is 0 Å². The molecule has 0 unspecified atom stereocenters. The van der Waals surface area contributed by atoms with Gasteiger partial charge in [0.2, 0.25) is 5.91 Å². The molecule has 1 aliphatic heterocycles. The molecule has 1 atom stereocenters. The van der Waals surface area contributed by atoms with E-state index in [1.54, 1.807) is 6.07 Å². The SMILES string of the molecule is CN1CCC[C@@H](C(=O)Nc2ccccc2N)C1. The van der Waals surface area contributed by atoms with E-state index < -0.39 is 0 Å². The molecule has 1 fully saturated rings. The van der Waals surface area contributed by atoms with Crippen molar-refractivity contribution >= 4 is 17.3 Å². The summed E-state index contributed by atoms with van der Waals surface area (Å²) >= 11 is 0. The number of para-hydroxylation sites is 2. The van der Waals surface area contributed by atoms with Crippen LogP contribution in [0.25, 0.3) is 0 Å². The molecule has 0 radical (unpaired) electrons. The first-order valence-corrected chi connectivity index (χ1v) is 6.00. The van der Waals surface area contributed by atoms with Crippen molar-refractivity contribution in [1.29, 1.82) is 0 Å². The minimum absolute atomic E-state index is 0.0772. The minimum Gasteiger partial charge on any atom is -0.397 e. The van der Waals surface area contributed by atoms with Gasteiger partial charge in [-0.3, -0.25) is 4.79 Å². The predicted molar refractivity (Wildman–Crippen MR) is 69.7 cm³/mol. The number of nitrogens with one attached hydrogen (secondary N) is 1. The van der Waals surface area contributed by atoms with E-state index in [0.29, 0.717) is 11.4 Å². The molecule has 4 nitrogen and oxygen atoms in total. The second-order valence-electron chi connectivity index (χ2n) is 4.68. The monoisotopic (exact) mass is 233 g/mol. The first kappa shape index (κ1) is 11.9. The van der Waals surface area contributed by atoms with Crippen LogP contribution in [0, 0.1) is 5.92 Å². The fourth-order valence-electron chi connectivity index (χ4n) is 2.23. The van der Waals surface area contributed by atoms with Crippen LogP contribution in [0.5, 0.6) is 0 Å². The number of hydrogen-bond acceptors (Lipinski definition) is 3. The van der Waals surface area contributed by atoms with E-state index in [9.17, 15) is 4.79 Å². The molecule has 3 N–H and O–H groups in total. The third-order valence-electron chi connectivity index (χ3n) is 3.21. The summed E-state index contributed by atoms with van der Waals surface area (Å²) in [7, 11) is 2.05. The van der Waals surface area contributed by atoms with Gasteiger partial charge >= 0.3 is 0 Å². The largest absolute Gasteiger partial charge is 0.397 e. The topological polar surface area (TPSA) is 58.4 Å². The Labute approximate surface area is 102 Å². The van der Waals surface area contributed by atoms with Crippen molar-refractivity contribution < 1.29 is 4.79 Å². The molecule has 1 heterocycles. The van der Waals surface area contributed by atoms with E-state index in [4.69, 9.17) is 5.73 Å². The maximum atomic E-state index is 12.1. The zero-order valence-electron chi connectivity index (χ0n) is 10.1. The summed E-state index contributed by atoms with van der Waals surface area (Å²) in [5, 5.41) is 2.91. The molecule has 4 heteroatoms. The van der Waals surface area contributed by atoms with Crippen molar-refractivity contribution in [3.63, 3.8) is 0 Å². The van der Waals surface area contributed by atoms with Gasteiger partial charge in [0.15, 0.2) is 0 Å². The minimum atomic E-state index is 0.0772. The van der Waals surface area contributed by atoms with E-state index in [1.807, 2.05) is 18.2 Å². The molecule has 1 amide bonds. The Kier molecular flexibility index (Phi) is 3.64. The van der Waals surface area contributed by atoms with Gasteiger partial charge in [0.25, 0.3) is 0 Å². The normalized spacial score (nSPS) is 21.1. The van der Waals surface area contributed by atoms with Crippen LogP contribution in [0.2, 0.25) is 0 Å². The van der Waals surface area contributed by atoms with Gasteiger partial charge in [-0.2, -0.15) is 0 Å². The smallest absolute Gasteiger partial charge is 0.228 e. The van der Waals surface area contributed by atoms with Gasteiger partial charge in [-0.05, 0) is 38.6 Å².